The molecule has 4 nitrogen and oxygen atoms in total. The number of nitrogens with one attached hydrogen (secondary N) is 1. The molecule has 0 saturated carbocycles. The minimum absolute atomic E-state index is 0. The highest BCUT2D eigenvalue weighted by Crippen LogP contribution is 2.40. The summed E-state index contributed by atoms with van der Waals surface area (Å²) < 4.78 is 6.00. The highest BCUT2D eigenvalue weighted by atomic mass is 35.5. The van der Waals surface area contributed by atoms with Gasteiger partial charge in [-0.3, -0.25) is 4.79 Å². The molecule has 0 spiro atoms. The molecule has 0 radical (unpaired) electrons. The summed E-state index contributed by atoms with van der Waals surface area (Å²) in [5, 5.41) is 3.70. The number of carbonyl (C=O) groups is 1. The zero-order valence-corrected chi connectivity index (χ0v) is 15.8. The molecule has 1 unspecified atom stereocenters. The van der Waals surface area contributed by atoms with Gasteiger partial charge in [-0.2, -0.15) is 0 Å². The molecule has 134 valence electrons. The number of carbonyl (C=O) groups excluding carboxylic acids is 1. The molecule has 0 aromatic heterocycles. The molecule has 3 N–H and O–H groups in total. The number of hydrogen-bond acceptors (Lipinski definition) is 3. The zero-order chi connectivity index (χ0) is 17.3. The zero-order valence-electron chi connectivity index (χ0n) is 14.2. The molecule has 1 amide bonds. The number of rotatable bonds is 3. The Morgan fingerprint density at radius 1 is 1.32 bits per heavy atom. The summed E-state index contributed by atoms with van der Waals surface area (Å²) in [5.41, 5.74) is 7.93. The average Bonchev–Trinajstić information content (AvgIpc) is 2.49. The fourth-order valence-electron chi connectivity index (χ4n) is 3.06. The highest BCUT2D eigenvalue weighted by Gasteiger charge is 2.34. The van der Waals surface area contributed by atoms with Crippen LogP contribution < -0.4 is 15.8 Å². The van der Waals surface area contributed by atoms with Crippen molar-refractivity contribution in [1.82, 2.24) is 5.32 Å². The van der Waals surface area contributed by atoms with Gasteiger partial charge in [0.2, 0.25) is 5.91 Å². The maximum Gasteiger partial charge on any atom is 0.224 e. The monoisotopic (exact) mass is 380 g/mol. The number of benzene rings is 2. The number of anilines is 1. The Morgan fingerprint density at radius 2 is 2.04 bits per heavy atom. The van der Waals surface area contributed by atoms with Crippen molar-refractivity contribution in [1.29, 1.82) is 0 Å². The van der Waals surface area contributed by atoms with Gasteiger partial charge in [0.25, 0.3) is 0 Å². The third-order valence-electron chi connectivity index (χ3n) is 4.14. The summed E-state index contributed by atoms with van der Waals surface area (Å²) in [7, 11) is 0. The van der Waals surface area contributed by atoms with Gasteiger partial charge in [-0.05, 0) is 43.7 Å². The molecular weight excluding hydrogens is 359 g/mol. The number of fused-ring (bicyclic) bond motifs is 1. The fourth-order valence-corrected chi connectivity index (χ4v) is 3.26. The number of nitrogen functional groups attached to an aromatic ring is 1. The van der Waals surface area contributed by atoms with Crippen LogP contribution in [-0.2, 0) is 11.2 Å². The van der Waals surface area contributed by atoms with Crippen molar-refractivity contribution >= 4 is 35.6 Å². The number of nitrogens with two attached hydrogens (primary N) is 1. The average molecular weight is 381 g/mol. The van der Waals surface area contributed by atoms with E-state index >= 15 is 0 Å². The van der Waals surface area contributed by atoms with E-state index in [1.807, 2.05) is 50.2 Å². The Balaban J connectivity index is 0.00000225. The van der Waals surface area contributed by atoms with Crippen molar-refractivity contribution in [2.45, 2.75) is 38.3 Å². The van der Waals surface area contributed by atoms with E-state index in [0.717, 1.165) is 16.9 Å². The van der Waals surface area contributed by atoms with Gasteiger partial charge in [0.1, 0.15) is 11.4 Å². The van der Waals surface area contributed by atoms with E-state index in [-0.39, 0.29) is 36.4 Å². The molecular formula is C19H22Cl2N2O2. The Bertz CT molecular complexity index is 778. The van der Waals surface area contributed by atoms with Crippen LogP contribution in [0.5, 0.6) is 5.75 Å². The van der Waals surface area contributed by atoms with Gasteiger partial charge < -0.3 is 15.8 Å². The van der Waals surface area contributed by atoms with Crippen molar-refractivity contribution < 1.29 is 9.53 Å². The Labute approximate surface area is 159 Å². The smallest absolute Gasteiger partial charge is 0.224 e. The molecule has 0 fully saturated rings. The standard InChI is InChI=1S/C19H21ClN2O2.ClH/c1-19(2)11-16(14-10-13(21)7-8-17(14)24-19)22-18(23)9-12-5-3-4-6-15(12)20;/h3-8,10,16H,9,11,21H2,1-2H3,(H,22,23);1H. The molecule has 2 aromatic carbocycles. The Kier molecular flexibility index (Phi) is 5.86. The molecule has 0 aliphatic carbocycles. The lowest BCUT2D eigenvalue weighted by molar-refractivity contribution is -0.121. The predicted octanol–water partition coefficient (Wildman–Crippen LogP) is 4.31. The van der Waals surface area contributed by atoms with Gasteiger partial charge in [-0.25, -0.2) is 0 Å². The van der Waals surface area contributed by atoms with Gasteiger partial charge in [-0.1, -0.05) is 29.8 Å². The van der Waals surface area contributed by atoms with Gasteiger partial charge in [-0.15, -0.1) is 12.4 Å². The SMILES string of the molecule is CC1(C)CC(NC(=O)Cc2ccccc2Cl)c2cc(N)ccc2O1.Cl. The Hall–Kier alpha value is -1.91. The third-order valence-corrected chi connectivity index (χ3v) is 4.50. The number of amides is 1. The van der Waals surface area contributed by atoms with E-state index in [9.17, 15) is 4.79 Å². The maximum atomic E-state index is 12.5. The van der Waals surface area contributed by atoms with Gasteiger partial charge in [0, 0.05) is 22.7 Å². The number of ether oxygens (including phenoxy) is 1. The normalized spacial score (nSPS) is 17.6. The van der Waals surface area contributed by atoms with Crippen molar-refractivity contribution in [3.63, 3.8) is 0 Å². The van der Waals surface area contributed by atoms with Crippen LogP contribution in [0.2, 0.25) is 5.02 Å². The first kappa shape index (κ1) is 19.4. The summed E-state index contributed by atoms with van der Waals surface area (Å²) in [6.45, 7) is 4.03. The first-order chi connectivity index (χ1) is 11.3. The quantitative estimate of drug-likeness (QED) is 0.779. The first-order valence-electron chi connectivity index (χ1n) is 7.95. The van der Waals surface area contributed by atoms with E-state index in [1.165, 1.54) is 0 Å². The second kappa shape index (κ2) is 7.54. The summed E-state index contributed by atoms with van der Waals surface area (Å²) in [5.74, 6) is 0.697. The van der Waals surface area contributed by atoms with Gasteiger partial charge in [0.15, 0.2) is 0 Å². The van der Waals surface area contributed by atoms with Crippen molar-refractivity contribution in [3.05, 3.63) is 58.6 Å². The number of hydrogen-bond donors (Lipinski definition) is 2. The van der Waals surface area contributed by atoms with Crippen LogP contribution in [0.25, 0.3) is 0 Å². The van der Waals surface area contributed by atoms with Crippen LogP contribution in [0.4, 0.5) is 5.69 Å². The van der Waals surface area contributed by atoms with Crippen molar-refractivity contribution in [3.8, 4) is 5.75 Å². The molecule has 0 bridgehead atoms. The summed E-state index contributed by atoms with van der Waals surface area (Å²) >= 11 is 6.14. The molecule has 1 aliphatic rings. The maximum absolute atomic E-state index is 12.5. The fraction of sp³-hybridized carbons (Fsp3) is 0.316. The molecule has 1 heterocycles. The summed E-state index contributed by atoms with van der Waals surface area (Å²) in [4.78, 5) is 12.5. The van der Waals surface area contributed by atoms with Crippen LogP contribution in [0.15, 0.2) is 42.5 Å². The molecule has 6 heteroatoms. The summed E-state index contributed by atoms with van der Waals surface area (Å²) in [6.07, 6.45) is 0.923. The van der Waals surface area contributed by atoms with E-state index in [1.54, 1.807) is 6.07 Å². The minimum Gasteiger partial charge on any atom is -0.487 e. The van der Waals surface area contributed by atoms with Crippen LogP contribution >= 0.6 is 24.0 Å². The molecule has 1 atom stereocenters. The van der Waals surface area contributed by atoms with E-state index in [4.69, 9.17) is 22.1 Å². The van der Waals surface area contributed by atoms with Crippen molar-refractivity contribution in [2.24, 2.45) is 0 Å². The van der Waals surface area contributed by atoms with E-state index in [0.29, 0.717) is 17.1 Å². The third kappa shape index (κ3) is 4.59. The molecule has 25 heavy (non-hydrogen) atoms. The lowest BCUT2D eigenvalue weighted by atomic mass is 9.89. The van der Waals surface area contributed by atoms with Gasteiger partial charge >= 0.3 is 0 Å². The molecule has 1 aliphatic heterocycles. The van der Waals surface area contributed by atoms with E-state index in [2.05, 4.69) is 5.32 Å². The topological polar surface area (TPSA) is 64.4 Å². The van der Waals surface area contributed by atoms with Crippen LogP contribution in [0.3, 0.4) is 0 Å². The molecule has 2 aromatic rings. The second-order valence-electron chi connectivity index (χ2n) is 6.75. The largest absolute Gasteiger partial charge is 0.487 e. The summed E-state index contributed by atoms with van der Waals surface area (Å²) in [6, 6.07) is 12.8. The number of halogens is 2. The van der Waals surface area contributed by atoms with Crippen LogP contribution in [0.1, 0.15) is 37.4 Å². The van der Waals surface area contributed by atoms with Gasteiger partial charge in [0.05, 0.1) is 12.5 Å². The lowest BCUT2D eigenvalue weighted by Crippen LogP contribution is -2.41. The van der Waals surface area contributed by atoms with Crippen LogP contribution in [-0.4, -0.2) is 11.5 Å². The second-order valence-corrected chi connectivity index (χ2v) is 7.16. The molecule has 3 rings (SSSR count). The van der Waals surface area contributed by atoms with Crippen molar-refractivity contribution in [2.75, 3.05) is 5.73 Å². The van der Waals surface area contributed by atoms with Crippen LogP contribution in [0, 0.1) is 0 Å². The van der Waals surface area contributed by atoms with E-state index < -0.39 is 0 Å². The first-order valence-corrected chi connectivity index (χ1v) is 8.33. The minimum atomic E-state index is -0.356. The Morgan fingerprint density at radius 3 is 2.76 bits per heavy atom. The predicted molar refractivity (Wildman–Crippen MR) is 103 cm³/mol. The lowest BCUT2D eigenvalue weighted by Gasteiger charge is -2.38. The highest BCUT2D eigenvalue weighted by molar-refractivity contribution is 6.31. The molecule has 0 saturated heterocycles.